The summed E-state index contributed by atoms with van der Waals surface area (Å²) in [5.74, 6) is -1.64. The highest BCUT2D eigenvalue weighted by atomic mass is 35.5. The first-order valence-corrected chi connectivity index (χ1v) is 6.04. The van der Waals surface area contributed by atoms with Crippen LogP contribution in [0, 0.1) is 5.82 Å². The fourth-order valence-corrected chi connectivity index (χ4v) is 1.55. The zero-order chi connectivity index (χ0) is 14.4. The minimum absolute atomic E-state index is 0.0386. The molecule has 5 nitrogen and oxygen atoms in total. The van der Waals surface area contributed by atoms with Crippen molar-refractivity contribution < 1.29 is 19.1 Å². The maximum absolute atomic E-state index is 13.1. The molecule has 1 rings (SSSR count). The maximum atomic E-state index is 13.1. The third kappa shape index (κ3) is 5.13. The number of rotatable bonds is 5. The molecule has 1 aromatic rings. The van der Waals surface area contributed by atoms with Gasteiger partial charge in [0.25, 0.3) is 0 Å². The number of halogens is 2. The van der Waals surface area contributed by atoms with Crippen LogP contribution in [0.15, 0.2) is 18.2 Å². The summed E-state index contributed by atoms with van der Waals surface area (Å²) in [6, 6.07) is 2.79. The summed E-state index contributed by atoms with van der Waals surface area (Å²) in [7, 11) is 0. The molecule has 7 heteroatoms. The second-order valence-corrected chi connectivity index (χ2v) is 4.34. The lowest BCUT2D eigenvalue weighted by atomic mass is 10.1. The highest BCUT2D eigenvalue weighted by molar-refractivity contribution is 6.30. The number of anilines is 1. The fraction of sp³-hybridized carbons (Fsp3) is 0.333. The SMILES string of the molecule is CCC(CC(=O)O)NC(=O)Nc1ccc(Cl)c(F)c1. The number of hydrogen-bond acceptors (Lipinski definition) is 2. The van der Waals surface area contributed by atoms with Crippen molar-refractivity contribution in [3.05, 3.63) is 29.0 Å². The van der Waals surface area contributed by atoms with E-state index in [9.17, 15) is 14.0 Å². The van der Waals surface area contributed by atoms with Crippen molar-refractivity contribution in [1.82, 2.24) is 5.32 Å². The monoisotopic (exact) mass is 288 g/mol. The van der Waals surface area contributed by atoms with Gasteiger partial charge in [-0.1, -0.05) is 18.5 Å². The number of carbonyl (C=O) groups is 2. The van der Waals surface area contributed by atoms with E-state index in [0.29, 0.717) is 6.42 Å². The van der Waals surface area contributed by atoms with Crippen LogP contribution >= 0.6 is 11.6 Å². The van der Waals surface area contributed by atoms with E-state index in [2.05, 4.69) is 10.6 Å². The van der Waals surface area contributed by atoms with Crippen LogP contribution in [0.5, 0.6) is 0 Å². The number of carboxylic acid groups (broad SMARTS) is 1. The number of amides is 2. The normalized spacial score (nSPS) is 11.7. The molecular formula is C12H14ClFN2O3. The molecule has 0 saturated heterocycles. The Balaban J connectivity index is 2.58. The second kappa shape index (κ2) is 6.94. The van der Waals surface area contributed by atoms with Crippen molar-refractivity contribution in [3.63, 3.8) is 0 Å². The Morgan fingerprint density at radius 3 is 2.68 bits per heavy atom. The molecule has 0 aliphatic carbocycles. The number of benzene rings is 1. The summed E-state index contributed by atoms with van der Waals surface area (Å²) in [5.41, 5.74) is 0.240. The summed E-state index contributed by atoms with van der Waals surface area (Å²) in [6.45, 7) is 1.76. The lowest BCUT2D eigenvalue weighted by Gasteiger charge is -2.15. The van der Waals surface area contributed by atoms with Gasteiger partial charge >= 0.3 is 12.0 Å². The Bertz CT molecular complexity index is 482. The van der Waals surface area contributed by atoms with Gasteiger partial charge in [0.15, 0.2) is 0 Å². The summed E-state index contributed by atoms with van der Waals surface area (Å²) < 4.78 is 13.1. The summed E-state index contributed by atoms with van der Waals surface area (Å²) in [4.78, 5) is 22.1. The van der Waals surface area contributed by atoms with Crippen LogP contribution in [0.2, 0.25) is 5.02 Å². The van der Waals surface area contributed by atoms with Crippen LogP contribution in [-0.2, 0) is 4.79 Å². The molecule has 3 N–H and O–H groups in total. The van der Waals surface area contributed by atoms with Crippen LogP contribution in [0.3, 0.4) is 0 Å². The number of hydrogen-bond donors (Lipinski definition) is 3. The van der Waals surface area contributed by atoms with Gasteiger partial charge in [0.1, 0.15) is 5.82 Å². The molecule has 2 amide bonds. The van der Waals surface area contributed by atoms with E-state index in [1.165, 1.54) is 12.1 Å². The predicted octanol–water partition coefficient (Wildman–Crippen LogP) is 2.85. The van der Waals surface area contributed by atoms with E-state index < -0.39 is 23.9 Å². The van der Waals surface area contributed by atoms with E-state index in [-0.39, 0.29) is 17.1 Å². The van der Waals surface area contributed by atoms with Gasteiger partial charge in [-0.15, -0.1) is 0 Å². The molecule has 0 bridgehead atoms. The van der Waals surface area contributed by atoms with E-state index in [1.54, 1.807) is 6.92 Å². The van der Waals surface area contributed by atoms with E-state index in [4.69, 9.17) is 16.7 Å². The predicted molar refractivity (Wildman–Crippen MR) is 69.9 cm³/mol. The van der Waals surface area contributed by atoms with Crippen LogP contribution in [-0.4, -0.2) is 23.1 Å². The number of carboxylic acids is 1. The van der Waals surface area contributed by atoms with Crippen molar-refractivity contribution in [1.29, 1.82) is 0 Å². The number of carbonyl (C=O) groups excluding carboxylic acids is 1. The largest absolute Gasteiger partial charge is 0.481 e. The molecule has 0 radical (unpaired) electrons. The molecule has 0 spiro atoms. The lowest BCUT2D eigenvalue weighted by Crippen LogP contribution is -2.38. The van der Waals surface area contributed by atoms with E-state index in [0.717, 1.165) is 6.07 Å². The molecule has 19 heavy (non-hydrogen) atoms. The van der Waals surface area contributed by atoms with Crippen molar-refractivity contribution in [2.45, 2.75) is 25.8 Å². The van der Waals surface area contributed by atoms with Gasteiger partial charge in [0.2, 0.25) is 0 Å². The molecular weight excluding hydrogens is 275 g/mol. The van der Waals surface area contributed by atoms with Gasteiger partial charge in [0, 0.05) is 11.7 Å². The molecule has 0 fully saturated rings. The second-order valence-electron chi connectivity index (χ2n) is 3.93. The Labute approximate surface area is 114 Å². The Hall–Kier alpha value is -1.82. The molecule has 1 aromatic carbocycles. The number of nitrogens with one attached hydrogen (secondary N) is 2. The van der Waals surface area contributed by atoms with Gasteiger partial charge in [-0.05, 0) is 24.6 Å². The molecule has 104 valence electrons. The minimum Gasteiger partial charge on any atom is -0.481 e. The quantitative estimate of drug-likeness (QED) is 0.779. The third-order valence-electron chi connectivity index (χ3n) is 2.43. The minimum atomic E-state index is -0.996. The van der Waals surface area contributed by atoms with Crippen LogP contribution in [0.4, 0.5) is 14.9 Å². The highest BCUT2D eigenvalue weighted by Gasteiger charge is 2.14. The number of urea groups is 1. The topological polar surface area (TPSA) is 78.4 Å². The fourth-order valence-electron chi connectivity index (χ4n) is 1.43. The van der Waals surface area contributed by atoms with Gasteiger partial charge in [-0.25, -0.2) is 9.18 Å². The average Bonchev–Trinajstić information content (AvgIpc) is 2.32. The smallest absolute Gasteiger partial charge is 0.319 e. The van der Waals surface area contributed by atoms with Crippen molar-refractivity contribution in [2.24, 2.45) is 0 Å². The Kier molecular flexibility index (Phi) is 5.57. The standard InChI is InChI=1S/C12H14ClFN2O3/c1-2-7(6-11(17)18)15-12(19)16-8-3-4-9(13)10(14)5-8/h3-5,7H,2,6H2,1H3,(H,17,18)(H2,15,16,19). The zero-order valence-corrected chi connectivity index (χ0v) is 11.0. The number of aliphatic carboxylic acids is 1. The third-order valence-corrected chi connectivity index (χ3v) is 2.73. The Morgan fingerprint density at radius 2 is 2.16 bits per heavy atom. The molecule has 1 atom stereocenters. The first-order chi connectivity index (χ1) is 8.92. The van der Waals surface area contributed by atoms with E-state index >= 15 is 0 Å². The van der Waals surface area contributed by atoms with Crippen molar-refractivity contribution in [2.75, 3.05) is 5.32 Å². The highest BCUT2D eigenvalue weighted by Crippen LogP contribution is 2.18. The van der Waals surface area contributed by atoms with Crippen LogP contribution in [0.25, 0.3) is 0 Å². The Morgan fingerprint density at radius 1 is 1.47 bits per heavy atom. The average molecular weight is 289 g/mol. The van der Waals surface area contributed by atoms with Gasteiger partial charge in [-0.2, -0.15) is 0 Å². The molecule has 0 aliphatic heterocycles. The zero-order valence-electron chi connectivity index (χ0n) is 10.2. The summed E-state index contributed by atoms with van der Waals surface area (Å²) in [5, 5.41) is 13.5. The molecule has 0 saturated carbocycles. The first kappa shape index (κ1) is 15.2. The molecule has 1 unspecified atom stereocenters. The van der Waals surface area contributed by atoms with Crippen molar-refractivity contribution >= 4 is 29.3 Å². The lowest BCUT2D eigenvalue weighted by molar-refractivity contribution is -0.137. The maximum Gasteiger partial charge on any atom is 0.319 e. The van der Waals surface area contributed by atoms with Gasteiger partial charge in [0.05, 0.1) is 11.4 Å². The van der Waals surface area contributed by atoms with Crippen LogP contribution < -0.4 is 10.6 Å². The first-order valence-electron chi connectivity index (χ1n) is 5.66. The molecule has 0 aromatic heterocycles. The molecule has 0 aliphatic rings. The van der Waals surface area contributed by atoms with Crippen LogP contribution in [0.1, 0.15) is 19.8 Å². The van der Waals surface area contributed by atoms with Gasteiger partial charge in [-0.3, -0.25) is 4.79 Å². The summed E-state index contributed by atoms with van der Waals surface area (Å²) in [6.07, 6.45) is 0.313. The van der Waals surface area contributed by atoms with Gasteiger partial charge < -0.3 is 15.7 Å². The van der Waals surface area contributed by atoms with E-state index in [1.807, 2.05) is 0 Å². The molecule has 0 heterocycles. The summed E-state index contributed by atoms with van der Waals surface area (Å²) >= 11 is 5.51. The van der Waals surface area contributed by atoms with Crippen molar-refractivity contribution in [3.8, 4) is 0 Å².